The minimum atomic E-state index is 0.217. The Morgan fingerprint density at radius 1 is 0.571 bits per heavy atom. The molecule has 4 nitrogen and oxygen atoms in total. The van der Waals surface area contributed by atoms with E-state index in [0.717, 1.165) is 45.1 Å². The maximum Gasteiger partial charge on any atom is 0.145 e. The molecule has 0 N–H and O–H groups in total. The second-order valence-electron chi connectivity index (χ2n) is 13.1. The van der Waals surface area contributed by atoms with Gasteiger partial charge in [-0.1, -0.05) is 103 Å². The SMILES string of the molecule is C1=CC2C=Cc3c(oc4ccc5c(c6ccc7ccccc7c6n5-c5ccc(-c6nc7ccccc7n6-c6ccccc6)cc5)c34)C2C=C1. The molecule has 3 aromatic heterocycles. The molecule has 4 heteroatoms. The van der Waals surface area contributed by atoms with E-state index in [1.165, 1.54) is 43.5 Å². The molecule has 0 amide bonds. The number of benzene rings is 6. The summed E-state index contributed by atoms with van der Waals surface area (Å²) in [5, 5.41) is 6.11. The van der Waals surface area contributed by atoms with Crippen LogP contribution in [0.4, 0.5) is 0 Å². The molecule has 0 fully saturated rings. The quantitative estimate of drug-likeness (QED) is 0.195. The van der Waals surface area contributed by atoms with Crippen molar-refractivity contribution < 1.29 is 4.42 Å². The Balaban J connectivity index is 1.16. The van der Waals surface area contributed by atoms with E-state index in [9.17, 15) is 0 Å². The Labute approximate surface area is 282 Å². The lowest BCUT2D eigenvalue weighted by molar-refractivity contribution is 0.492. The molecule has 49 heavy (non-hydrogen) atoms. The normalized spacial score (nSPS) is 16.7. The fourth-order valence-corrected chi connectivity index (χ4v) is 8.28. The molecule has 11 rings (SSSR count). The van der Waals surface area contributed by atoms with Crippen molar-refractivity contribution in [1.29, 1.82) is 0 Å². The van der Waals surface area contributed by atoms with Gasteiger partial charge in [-0.15, -0.1) is 0 Å². The van der Waals surface area contributed by atoms with Crippen LogP contribution in [0.2, 0.25) is 0 Å². The third-order valence-corrected chi connectivity index (χ3v) is 10.5. The summed E-state index contributed by atoms with van der Waals surface area (Å²) in [5.74, 6) is 2.53. The zero-order chi connectivity index (χ0) is 32.1. The van der Waals surface area contributed by atoms with Crippen LogP contribution in [0.15, 0.2) is 162 Å². The first-order chi connectivity index (χ1) is 24.3. The summed E-state index contributed by atoms with van der Waals surface area (Å²) in [7, 11) is 0. The van der Waals surface area contributed by atoms with E-state index in [4.69, 9.17) is 9.40 Å². The maximum absolute atomic E-state index is 6.70. The first kappa shape index (κ1) is 26.7. The molecule has 0 bridgehead atoms. The maximum atomic E-state index is 6.70. The number of fused-ring (bicyclic) bond motifs is 12. The fourth-order valence-electron chi connectivity index (χ4n) is 8.28. The summed E-state index contributed by atoms with van der Waals surface area (Å²) in [6, 6.07) is 45.4. The van der Waals surface area contributed by atoms with Gasteiger partial charge in [0.1, 0.15) is 17.2 Å². The predicted molar refractivity (Wildman–Crippen MR) is 202 cm³/mol. The highest BCUT2D eigenvalue weighted by atomic mass is 16.3. The molecule has 2 atom stereocenters. The number of hydrogen-bond donors (Lipinski definition) is 0. The van der Waals surface area contributed by atoms with Crippen LogP contribution in [0.3, 0.4) is 0 Å². The summed E-state index contributed by atoms with van der Waals surface area (Å²) in [6.07, 6.45) is 13.4. The van der Waals surface area contributed by atoms with Crippen molar-refractivity contribution in [1.82, 2.24) is 14.1 Å². The van der Waals surface area contributed by atoms with Gasteiger partial charge in [-0.2, -0.15) is 0 Å². The van der Waals surface area contributed by atoms with E-state index >= 15 is 0 Å². The van der Waals surface area contributed by atoms with Gasteiger partial charge in [-0.3, -0.25) is 4.57 Å². The van der Waals surface area contributed by atoms with E-state index in [1.807, 2.05) is 0 Å². The minimum absolute atomic E-state index is 0.217. The molecule has 6 aromatic carbocycles. The first-order valence-corrected chi connectivity index (χ1v) is 16.9. The third kappa shape index (κ3) is 3.77. The Hall–Kier alpha value is -6.39. The number of imidazole rings is 1. The Morgan fingerprint density at radius 2 is 1.37 bits per heavy atom. The molecule has 0 saturated carbocycles. The number of hydrogen-bond acceptors (Lipinski definition) is 2. The van der Waals surface area contributed by atoms with E-state index in [0.29, 0.717) is 5.92 Å². The van der Waals surface area contributed by atoms with Crippen LogP contribution in [-0.2, 0) is 0 Å². The second-order valence-corrected chi connectivity index (χ2v) is 13.1. The summed E-state index contributed by atoms with van der Waals surface area (Å²) < 4.78 is 11.4. The van der Waals surface area contributed by atoms with Gasteiger partial charge in [0.2, 0.25) is 0 Å². The lowest BCUT2D eigenvalue weighted by atomic mass is 9.80. The highest BCUT2D eigenvalue weighted by molar-refractivity contribution is 6.27. The van der Waals surface area contributed by atoms with Gasteiger partial charge in [-0.25, -0.2) is 4.98 Å². The molecule has 2 aliphatic carbocycles. The molecule has 3 heterocycles. The van der Waals surface area contributed by atoms with Crippen LogP contribution in [0.1, 0.15) is 17.2 Å². The second kappa shape index (κ2) is 10.1. The zero-order valence-electron chi connectivity index (χ0n) is 26.5. The van der Waals surface area contributed by atoms with Crippen molar-refractivity contribution in [3.63, 3.8) is 0 Å². The molecule has 0 radical (unpaired) electrons. The van der Waals surface area contributed by atoms with Crippen LogP contribution >= 0.6 is 0 Å². The van der Waals surface area contributed by atoms with Crippen LogP contribution in [-0.4, -0.2) is 14.1 Å². The van der Waals surface area contributed by atoms with E-state index in [2.05, 4.69) is 173 Å². The van der Waals surface area contributed by atoms with Gasteiger partial charge in [0, 0.05) is 55.9 Å². The summed E-state index contributed by atoms with van der Waals surface area (Å²) in [4.78, 5) is 5.12. The van der Waals surface area contributed by atoms with Gasteiger partial charge in [0.25, 0.3) is 0 Å². The van der Waals surface area contributed by atoms with Gasteiger partial charge < -0.3 is 8.98 Å². The molecule has 230 valence electrons. The number of furan rings is 1. The largest absolute Gasteiger partial charge is 0.460 e. The lowest BCUT2D eigenvalue weighted by Gasteiger charge is -2.23. The van der Waals surface area contributed by atoms with E-state index in [1.54, 1.807) is 0 Å². The van der Waals surface area contributed by atoms with E-state index in [-0.39, 0.29) is 5.92 Å². The Bertz CT molecular complexity index is 2880. The zero-order valence-corrected chi connectivity index (χ0v) is 26.5. The lowest BCUT2D eigenvalue weighted by Crippen LogP contribution is -2.11. The minimum Gasteiger partial charge on any atom is -0.460 e. The molecular weight excluding hydrogens is 599 g/mol. The molecule has 2 unspecified atom stereocenters. The van der Waals surface area contributed by atoms with Gasteiger partial charge >= 0.3 is 0 Å². The third-order valence-electron chi connectivity index (χ3n) is 10.5. The highest BCUT2D eigenvalue weighted by Crippen LogP contribution is 2.47. The summed E-state index contributed by atoms with van der Waals surface area (Å²) in [5.41, 5.74) is 9.85. The molecule has 9 aromatic rings. The van der Waals surface area contributed by atoms with Crippen molar-refractivity contribution in [3.05, 3.63) is 169 Å². The monoisotopic (exact) mass is 627 g/mol. The van der Waals surface area contributed by atoms with Crippen LogP contribution in [0.5, 0.6) is 0 Å². The molecule has 0 aliphatic heterocycles. The average molecular weight is 628 g/mol. The van der Waals surface area contributed by atoms with Crippen molar-refractivity contribution >= 4 is 60.7 Å². The Morgan fingerprint density at radius 3 is 2.29 bits per heavy atom. The fraction of sp³-hybridized carbons (Fsp3) is 0.0444. The van der Waals surface area contributed by atoms with Crippen molar-refractivity contribution in [2.45, 2.75) is 5.92 Å². The van der Waals surface area contributed by atoms with Crippen LogP contribution in [0, 0.1) is 5.92 Å². The molecular formula is C45H29N3O. The number of para-hydroxylation sites is 3. The molecule has 2 aliphatic rings. The predicted octanol–water partition coefficient (Wildman–Crippen LogP) is 11.5. The highest BCUT2D eigenvalue weighted by Gasteiger charge is 2.31. The first-order valence-electron chi connectivity index (χ1n) is 16.9. The average Bonchev–Trinajstić information content (AvgIpc) is 3.85. The Kier molecular flexibility index (Phi) is 5.47. The summed E-state index contributed by atoms with van der Waals surface area (Å²) >= 11 is 0. The van der Waals surface area contributed by atoms with Crippen LogP contribution in [0.25, 0.3) is 83.4 Å². The molecule has 0 spiro atoms. The van der Waals surface area contributed by atoms with Crippen molar-refractivity contribution in [2.24, 2.45) is 5.92 Å². The summed E-state index contributed by atoms with van der Waals surface area (Å²) in [6.45, 7) is 0. The van der Waals surface area contributed by atoms with Gasteiger partial charge in [0.05, 0.1) is 22.1 Å². The smallest absolute Gasteiger partial charge is 0.145 e. The van der Waals surface area contributed by atoms with Gasteiger partial charge in [0.15, 0.2) is 0 Å². The number of aromatic nitrogens is 3. The number of rotatable bonds is 3. The number of allylic oxidation sites excluding steroid dienone is 5. The standard InChI is InChI=1S/C45H29N3O/c1-2-12-31(13-3-1)48-38-17-9-8-16-37(38)46-45(48)30-18-22-32(23-19-30)47-39-26-27-40-42(36-25-21-29-11-5-7-15-34(29)44(36)49-40)41(39)35-24-20-28-10-4-6-14-33(28)43(35)47/h1-27,29,34H. The van der Waals surface area contributed by atoms with Crippen LogP contribution < -0.4 is 0 Å². The van der Waals surface area contributed by atoms with Crippen molar-refractivity contribution in [3.8, 4) is 22.8 Å². The van der Waals surface area contributed by atoms with E-state index < -0.39 is 0 Å². The topological polar surface area (TPSA) is 35.9 Å². The molecule has 0 saturated heterocycles. The van der Waals surface area contributed by atoms with Crippen molar-refractivity contribution in [2.75, 3.05) is 0 Å². The number of nitrogens with zero attached hydrogens (tertiary/aromatic N) is 3. The van der Waals surface area contributed by atoms with Gasteiger partial charge in [-0.05, 0) is 66.0 Å².